The summed E-state index contributed by atoms with van der Waals surface area (Å²) in [6.45, 7) is 1.87. The Morgan fingerprint density at radius 2 is 2.00 bits per heavy atom. The predicted molar refractivity (Wildman–Crippen MR) is 99.8 cm³/mol. The lowest BCUT2D eigenvalue weighted by atomic mass is 9.95. The lowest BCUT2D eigenvalue weighted by Gasteiger charge is -2.46. The fourth-order valence-electron chi connectivity index (χ4n) is 3.17. The zero-order valence-electron chi connectivity index (χ0n) is 15.3. The summed E-state index contributed by atoms with van der Waals surface area (Å²) in [6.07, 6.45) is -0.473. The molecule has 3 fully saturated rings. The van der Waals surface area contributed by atoms with Crippen LogP contribution in [-0.4, -0.2) is 69.9 Å². The van der Waals surface area contributed by atoms with Crippen LogP contribution in [0, 0.1) is 0 Å². The third-order valence-corrected chi connectivity index (χ3v) is 8.71. The average molecular weight is 454 g/mol. The highest BCUT2D eigenvalue weighted by molar-refractivity contribution is 8.01. The number of alkyl halides is 3. The van der Waals surface area contributed by atoms with Crippen molar-refractivity contribution in [1.82, 2.24) is 9.29 Å². The Labute approximate surface area is 170 Å². The molecule has 2 aliphatic heterocycles. The van der Waals surface area contributed by atoms with Crippen molar-refractivity contribution >= 4 is 27.8 Å². The number of sulfonamides is 1. The largest absolute Gasteiger partial charge is 0.490 e. The van der Waals surface area contributed by atoms with Gasteiger partial charge < -0.3 is 9.84 Å². The number of ether oxygens (including phenoxy) is 1. The minimum Gasteiger partial charge on any atom is -0.475 e. The Morgan fingerprint density at radius 1 is 1.34 bits per heavy atom. The fraction of sp³-hybridized carbons (Fsp3) is 0.647. The number of aliphatic carboxylic acids is 1. The van der Waals surface area contributed by atoms with Gasteiger partial charge in [0.15, 0.2) is 0 Å². The lowest BCUT2D eigenvalue weighted by molar-refractivity contribution is -0.192. The highest BCUT2D eigenvalue weighted by atomic mass is 32.2. The maximum atomic E-state index is 12.2. The van der Waals surface area contributed by atoms with Gasteiger partial charge in [-0.1, -0.05) is 6.07 Å². The number of pyridine rings is 1. The van der Waals surface area contributed by atoms with E-state index < -0.39 is 22.2 Å². The highest BCUT2D eigenvalue weighted by Crippen LogP contribution is 2.48. The maximum absolute atomic E-state index is 12.2. The van der Waals surface area contributed by atoms with E-state index in [2.05, 4.69) is 4.98 Å². The number of carboxylic acid groups (broad SMARTS) is 1. The number of hydrogen-bond donors (Lipinski definition) is 1. The summed E-state index contributed by atoms with van der Waals surface area (Å²) in [5, 5.41) is 7.03. The molecule has 0 radical (unpaired) electrons. The van der Waals surface area contributed by atoms with Crippen molar-refractivity contribution < 1.29 is 36.2 Å². The predicted octanol–water partition coefficient (Wildman–Crippen LogP) is 2.28. The zero-order valence-corrected chi connectivity index (χ0v) is 17.0. The van der Waals surface area contributed by atoms with Crippen LogP contribution in [0.4, 0.5) is 13.2 Å². The van der Waals surface area contributed by atoms with Gasteiger partial charge in [-0.3, -0.25) is 4.98 Å². The lowest BCUT2D eigenvalue weighted by Crippen LogP contribution is -2.61. The van der Waals surface area contributed by atoms with E-state index in [4.69, 9.17) is 14.6 Å². The molecular formula is C17H21F3N2O5S2. The molecule has 1 aromatic heterocycles. The van der Waals surface area contributed by atoms with Crippen molar-refractivity contribution in [1.29, 1.82) is 0 Å². The molecular weight excluding hydrogens is 433 g/mol. The fourth-order valence-corrected chi connectivity index (χ4v) is 6.89. The van der Waals surface area contributed by atoms with Crippen LogP contribution in [0.5, 0.6) is 0 Å². The third-order valence-electron chi connectivity index (χ3n) is 4.85. The van der Waals surface area contributed by atoms with E-state index in [0.29, 0.717) is 19.7 Å². The van der Waals surface area contributed by atoms with E-state index in [1.54, 1.807) is 10.5 Å². The third kappa shape index (κ3) is 5.62. The normalized spacial score (nSPS) is 23.9. The van der Waals surface area contributed by atoms with E-state index in [1.165, 1.54) is 0 Å². The Balaban J connectivity index is 0.000000298. The van der Waals surface area contributed by atoms with Gasteiger partial charge in [0.2, 0.25) is 10.0 Å². The number of halogens is 3. The summed E-state index contributed by atoms with van der Waals surface area (Å²) in [7, 11) is -3.00. The van der Waals surface area contributed by atoms with Crippen LogP contribution < -0.4 is 0 Å². The van der Waals surface area contributed by atoms with Crippen LogP contribution in [0.25, 0.3) is 0 Å². The smallest absolute Gasteiger partial charge is 0.475 e. The number of nitrogens with zero attached hydrogens (tertiary/aromatic N) is 2. The number of hydrogen-bond acceptors (Lipinski definition) is 6. The second-order valence-corrected chi connectivity index (χ2v) is 11.0. The van der Waals surface area contributed by atoms with Crippen molar-refractivity contribution in [3.63, 3.8) is 0 Å². The maximum Gasteiger partial charge on any atom is 0.490 e. The molecule has 0 aromatic carbocycles. The summed E-state index contributed by atoms with van der Waals surface area (Å²) >= 11 is 1.88. The van der Waals surface area contributed by atoms with Crippen LogP contribution >= 0.6 is 11.8 Å². The van der Waals surface area contributed by atoms with Crippen LogP contribution in [-0.2, 0) is 26.2 Å². The molecule has 0 bridgehead atoms. The van der Waals surface area contributed by atoms with Gasteiger partial charge in [0, 0.05) is 29.8 Å². The Kier molecular flexibility index (Phi) is 6.47. The van der Waals surface area contributed by atoms with E-state index in [9.17, 15) is 21.6 Å². The van der Waals surface area contributed by atoms with Gasteiger partial charge in [-0.05, 0) is 31.4 Å². The average Bonchev–Trinajstić information content (AvgIpc) is 3.40. The second kappa shape index (κ2) is 8.40. The number of aromatic nitrogens is 1. The molecule has 3 aliphatic rings. The van der Waals surface area contributed by atoms with Crippen LogP contribution in [0.3, 0.4) is 0 Å². The van der Waals surface area contributed by atoms with Crippen LogP contribution in [0.15, 0.2) is 24.4 Å². The standard InChI is InChI=1S/C15H20N2O3S2.C2HF3O2/c18-22(19,14-4-5-14)17-10-15(11-17)7-13(9-21-15)20-8-12-3-1-2-6-16-12;3-2(4,5)1(6)7/h1-3,6,13-14H,4-5,7-11H2;(H,6,7). The quantitative estimate of drug-likeness (QED) is 0.729. The summed E-state index contributed by atoms with van der Waals surface area (Å²) in [5.41, 5.74) is 0.944. The number of rotatable bonds is 5. The Hall–Kier alpha value is -1.37. The Morgan fingerprint density at radius 3 is 2.52 bits per heavy atom. The molecule has 1 atom stereocenters. The first kappa shape index (κ1) is 22.3. The first-order valence-corrected chi connectivity index (χ1v) is 11.5. The van der Waals surface area contributed by atoms with Crippen LogP contribution in [0.1, 0.15) is 25.0 Å². The molecule has 1 spiro atoms. The SMILES string of the molecule is O=C(O)C(F)(F)F.O=S(=O)(C1CC1)N1CC2(CC(OCc3ccccn3)CS2)C1. The molecule has 2 saturated heterocycles. The van der Waals surface area contributed by atoms with E-state index in [0.717, 1.165) is 30.7 Å². The molecule has 7 nitrogen and oxygen atoms in total. The summed E-state index contributed by atoms with van der Waals surface area (Å²) in [4.78, 5) is 13.2. The number of thioether (sulfide) groups is 1. The number of carboxylic acids is 1. The van der Waals surface area contributed by atoms with Crippen molar-refractivity contribution in [3.8, 4) is 0 Å². The van der Waals surface area contributed by atoms with Crippen molar-refractivity contribution in [2.45, 2.75) is 48.1 Å². The van der Waals surface area contributed by atoms with Crippen molar-refractivity contribution in [2.24, 2.45) is 0 Å². The first-order valence-electron chi connectivity index (χ1n) is 8.96. The molecule has 1 unspecified atom stereocenters. The molecule has 4 rings (SSSR count). The number of carbonyl (C=O) groups is 1. The summed E-state index contributed by atoms with van der Waals surface area (Å²) < 4.78 is 63.8. The highest BCUT2D eigenvalue weighted by Gasteiger charge is 2.55. The minimum absolute atomic E-state index is 0.0903. The van der Waals surface area contributed by atoms with Crippen LogP contribution in [0.2, 0.25) is 0 Å². The van der Waals surface area contributed by atoms with E-state index in [1.807, 2.05) is 30.0 Å². The molecule has 1 aliphatic carbocycles. The van der Waals surface area contributed by atoms with Gasteiger partial charge in [-0.2, -0.15) is 17.5 Å². The van der Waals surface area contributed by atoms with Gasteiger partial charge in [0.1, 0.15) is 0 Å². The molecule has 0 amide bonds. The van der Waals surface area contributed by atoms with Gasteiger partial charge in [-0.15, -0.1) is 11.8 Å². The molecule has 12 heteroatoms. The molecule has 3 heterocycles. The summed E-state index contributed by atoms with van der Waals surface area (Å²) in [6, 6.07) is 5.82. The van der Waals surface area contributed by atoms with Gasteiger partial charge in [0.05, 0.1) is 23.7 Å². The second-order valence-electron chi connectivity index (χ2n) is 7.27. The van der Waals surface area contributed by atoms with E-state index >= 15 is 0 Å². The topological polar surface area (TPSA) is 96.8 Å². The first-order chi connectivity index (χ1) is 13.5. The molecule has 1 saturated carbocycles. The molecule has 29 heavy (non-hydrogen) atoms. The van der Waals surface area contributed by atoms with Crippen molar-refractivity contribution in [2.75, 3.05) is 18.8 Å². The van der Waals surface area contributed by atoms with Crippen molar-refractivity contribution in [3.05, 3.63) is 30.1 Å². The monoisotopic (exact) mass is 454 g/mol. The van der Waals surface area contributed by atoms with Gasteiger partial charge >= 0.3 is 12.1 Å². The van der Waals surface area contributed by atoms with Gasteiger partial charge in [0.25, 0.3) is 0 Å². The molecule has 162 valence electrons. The van der Waals surface area contributed by atoms with E-state index in [-0.39, 0.29) is 16.1 Å². The zero-order chi connectivity index (χ0) is 21.3. The molecule has 1 aromatic rings. The minimum atomic E-state index is -5.08. The Bertz CT molecular complexity index is 825. The molecule has 1 N–H and O–H groups in total. The summed E-state index contributed by atoms with van der Waals surface area (Å²) in [5.74, 6) is -1.81. The van der Waals surface area contributed by atoms with Gasteiger partial charge in [-0.25, -0.2) is 13.2 Å².